The number of hydrogen-bond acceptors (Lipinski definition) is 3. The highest BCUT2D eigenvalue weighted by Crippen LogP contribution is 2.37. The Bertz CT molecular complexity index is 751. The summed E-state index contributed by atoms with van der Waals surface area (Å²) in [4.78, 5) is 5.46. The average Bonchev–Trinajstić information content (AvgIpc) is 3.01. The molecule has 0 unspecified atom stereocenters. The summed E-state index contributed by atoms with van der Waals surface area (Å²) in [5.41, 5.74) is 2.20. The molecule has 1 heterocycles. The Balaban J connectivity index is 1.58. The van der Waals surface area contributed by atoms with Crippen LogP contribution in [0, 0.1) is 0 Å². The molecule has 118 valence electrons. The van der Waals surface area contributed by atoms with E-state index < -0.39 is 0 Å². The summed E-state index contributed by atoms with van der Waals surface area (Å²) in [6, 6.07) is 16.0. The summed E-state index contributed by atoms with van der Waals surface area (Å²) in [7, 11) is 0. The first kappa shape index (κ1) is 16.5. The summed E-state index contributed by atoms with van der Waals surface area (Å²) >= 11 is 14.1. The first-order valence-electron chi connectivity index (χ1n) is 7.38. The van der Waals surface area contributed by atoms with Crippen LogP contribution in [0.25, 0.3) is 10.4 Å². The van der Waals surface area contributed by atoms with Crippen molar-refractivity contribution in [1.82, 2.24) is 10.3 Å². The Morgan fingerprint density at radius 3 is 2.43 bits per heavy atom. The Hall–Kier alpha value is -1.39. The van der Waals surface area contributed by atoms with Crippen molar-refractivity contribution in [3.63, 3.8) is 0 Å². The summed E-state index contributed by atoms with van der Waals surface area (Å²) in [5.74, 6) is 0. The Morgan fingerprint density at radius 1 is 0.957 bits per heavy atom. The van der Waals surface area contributed by atoms with Gasteiger partial charge in [-0.1, -0.05) is 59.6 Å². The number of nitrogens with zero attached hydrogens (tertiary/aromatic N) is 1. The minimum Gasteiger partial charge on any atom is -0.310 e. The van der Waals surface area contributed by atoms with Crippen LogP contribution >= 0.6 is 34.5 Å². The van der Waals surface area contributed by atoms with Gasteiger partial charge in [0.2, 0.25) is 0 Å². The zero-order valence-corrected chi connectivity index (χ0v) is 14.8. The first-order chi connectivity index (χ1) is 11.2. The molecule has 23 heavy (non-hydrogen) atoms. The maximum atomic E-state index is 6.25. The molecule has 0 saturated heterocycles. The second kappa shape index (κ2) is 7.93. The highest BCUT2D eigenvalue weighted by molar-refractivity contribution is 7.15. The maximum Gasteiger partial charge on any atom is 0.107 e. The van der Waals surface area contributed by atoms with Gasteiger partial charge in [-0.05, 0) is 30.7 Å². The normalized spacial score (nSPS) is 10.9. The molecule has 5 heteroatoms. The third-order valence-corrected chi connectivity index (χ3v) is 5.12. The van der Waals surface area contributed by atoms with Crippen LogP contribution in [0.15, 0.2) is 54.7 Å². The van der Waals surface area contributed by atoms with Gasteiger partial charge in [0.25, 0.3) is 0 Å². The fourth-order valence-corrected chi connectivity index (χ4v) is 3.99. The zero-order valence-electron chi connectivity index (χ0n) is 12.4. The van der Waals surface area contributed by atoms with E-state index in [1.807, 2.05) is 30.5 Å². The molecule has 0 radical (unpaired) electrons. The Labute approximate surface area is 150 Å². The van der Waals surface area contributed by atoms with Crippen LogP contribution in [-0.2, 0) is 13.0 Å². The van der Waals surface area contributed by atoms with E-state index in [1.165, 1.54) is 5.56 Å². The zero-order chi connectivity index (χ0) is 16.1. The number of aromatic nitrogens is 1. The van der Waals surface area contributed by atoms with E-state index in [2.05, 4.69) is 34.6 Å². The van der Waals surface area contributed by atoms with Gasteiger partial charge in [0.1, 0.15) is 5.01 Å². The van der Waals surface area contributed by atoms with Crippen molar-refractivity contribution >= 4 is 34.5 Å². The van der Waals surface area contributed by atoms with Gasteiger partial charge in [0, 0.05) is 18.3 Å². The summed E-state index contributed by atoms with van der Waals surface area (Å²) in [5, 5.41) is 5.77. The van der Waals surface area contributed by atoms with E-state index in [9.17, 15) is 0 Å². The Morgan fingerprint density at radius 2 is 1.70 bits per heavy atom. The fourth-order valence-electron chi connectivity index (χ4n) is 2.31. The van der Waals surface area contributed by atoms with E-state index in [-0.39, 0.29) is 0 Å². The summed E-state index contributed by atoms with van der Waals surface area (Å²) in [6.45, 7) is 1.67. The second-order valence-electron chi connectivity index (χ2n) is 5.13. The van der Waals surface area contributed by atoms with Gasteiger partial charge < -0.3 is 5.32 Å². The van der Waals surface area contributed by atoms with Crippen LogP contribution in [0.1, 0.15) is 10.6 Å². The number of rotatable bonds is 6. The number of halogens is 2. The molecule has 0 aliphatic rings. The Kier molecular flexibility index (Phi) is 5.68. The minimum atomic E-state index is 0.657. The first-order valence-corrected chi connectivity index (χ1v) is 8.95. The van der Waals surface area contributed by atoms with E-state index in [0.29, 0.717) is 10.0 Å². The van der Waals surface area contributed by atoms with Crippen molar-refractivity contribution < 1.29 is 0 Å². The van der Waals surface area contributed by atoms with Crippen LogP contribution < -0.4 is 5.32 Å². The van der Waals surface area contributed by atoms with Gasteiger partial charge in [0.05, 0.1) is 14.9 Å². The number of hydrogen-bond donors (Lipinski definition) is 1. The van der Waals surface area contributed by atoms with Crippen LogP contribution in [0.4, 0.5) is 0 Å². The maximum absolute atomic E-state index is 6.25. The molecule has 0 atom stereocenters. The van der Waals surface area contributed by atoms with Crippen molar-refractivity contribution in [3.05, 3.63) is 75.3 Å². The number of benzene rings is 2. The largest absolute Gasteiger partial charge is 0.310 e. The predicted molar refractivity (Wildman–Crippen MR) is 99.4 cm³/mol. The van der Waals surface area contributed by atoms with Crippen molar-refractivity contribution in [2.75, 3.05) is 6.54 Å². The molecule has 0 bridgehead atoms. The smallest absolute Gasteiger partial charge is 0.107 e. The quantitative estimate of drug-likeness (QED) is 0.589. The monoisotopic (exact) mass is 362 g/mol. The molecule has 0 saturated carbocycles. The lowest BCUT2D eigenvalue weighted by atomic mass is 10.1. The van der Waals surface area contributed by atoms with Gasteiger partial charge in [-0.25, -0.2) is 4.98 Å². The van der Waals surface area contributed by atoms with Gasteiger partial charge >= 0.3 is 0 Å². The van der Waals surface area contributed by atoms with Crippen molar-refractivity contribution in [2.24, 2.45) is 0 Å². The lowest BCUT2D eigenvalue weighted by Gasteiger charge is -2.03. The highest BCUT2D eigenvalue weighted by atomic mass is 35.5. The van der Waals surface area contributed by atoms with Gasteiger partial charge in [-0.3, -0.25) is 0 Å². The van der Waals surface area contributed by atoms with Crippen molar-refractivity contribution in [2.45, 2.75) is 13.0 Å². The summed E-state index contributed by atoms with van der Waals surface area (Å²) in [6.07, 6.45) is 2.85. The van der Waals surface area contributed by atoms with E-state index in [4.69, 9.17) is 23.2 Å². The van der Waals surface area contributed by atoms with E-state index in [0.717, 1.165) is 35.0 Å². The molecule has 3 aromatic rings. The van der Waals surface area contributed by atoms with Crippen molar-refractivity contribution in [1.29, 1.82) is 0 Å². The second-order valence-corrected chi connectivity index (χ2v) is 7.06. The molecule has 0 spiro atoms. The molecule has 0 fully saturated rings. The van der Waals surface area contributed by atoms with Crippen LogP contribution in [-0.4, -0.2) is 11.5 Å². The van der Waals surface area contributed by atoms with E-state index in [1.54, 1.807) is 11.3 Å². The number of thiazole rings is 1. The van der Waals surface area contributed by atoms with Gasteiger partial charge in [0.15, 0.2) is 0 Å². The molecule has 0 aliphatic heterocycles. The molecule has 1 N–H and O–H groups in total. The molecule has 3 rings (SSSR count). The van der Waals surface area contributed by atoms with Crippen LogP contribution in [0.2, 0.25) is 10.0 Å². The third-order valence-electron chi connectivity index (χ3n) is 3.47. The molecule has 0 aliphatic carbocycles. The lowest BCUT2D eigenvalue weighted by Crippen LogP contribution is -2.16. The molecule has 2 aromatic carbocycles. The number of nitrogens with one attached hydrogen (secondary N) is 1. The predicted octanol–water partition coefficient (Wildman–Crippen LogP) is 5.45. The van der Waals surface area contributed by atoms with E-state index >= 15 is 0 Å². The average molecular weight is 363 g/mol. The molecular weight excluding hydrogens is 347 g/mol. The van der Waals surface area contributed by atoms with Gasteiger partial charge in [-0.15, -0.1) is 11.3 Å². The molecular formula is C18H16Cl2N2S. The fraction of sp³-hybridized carbons (Fsp3) is 0.167. The molecule has 2 nitrogen and oxygen atoms in total. The van der Waals surface area contributed by atoms with Crippen molar-refractivity contribution in [3.8, 4) is 10.4 Å². The topological polar surface area (TPSA) is 24.9 Å². The van der Waals surface area contributed by atoms with Crippen LogP contribution in [0.5, 0.6) is 0 Å². The third kappa shape index (κ3) is 4.33. The van der Waals surface area contributed by atoms with Gasteiger partial charge in [-0.2, -0.15) is 0 Å². The lowest BCUT2D eigenvalue weighted by molar-refractivity contribution is 0.684. The SMILES string of the molecule is Clc1cccc(Cl)c1-c1cnc(CNCCc2ccccc2)s1. The highest BCUT2D eigenvalue weighted by Gasteiger charge is 2.11. The van der Waals surface area contributed by atoms with Crippen LogP contribution in [0.3, 0.4) is 0 Å². The standard InChI is InChI=1S/C18H16Cl2N2S/c19-14-7-4-8-15(20)18(14)16-11-22-17(23-16)12-21-10-9-13-5-2-1-3-6-13/h1-8,11,21H,9-10,12H2. The molecule has 1 aromatic heterocycles. The molecule has 0 amide bonds. The summed E-state index contributed by atoms with van der Waals surface area (Å²) < 4.78 is 0. The minimum absolute atomic E-state index is 0.657.